The molecule has 5 heteroatoms. The molecule has 1 aromatic rings. The Morgan fingerprint density at radius 1 is 1.29 bits per heavy atom. The Bertz CT molecular complexity index is 556. The van der Waals surface area contributed by atoms with Crippen molar-refractivity contribution in [2.75, 3.05) is 11.9 Å². The summed E-state index contributed by atoms with van der Waals surface area (Å²) in [5.41, 5.74) is 1.61. The van der Waals surface area contributed by atoms with Gasteiger partial charge in [-0.25, -0.2) is 9.59 Å². The zero-order chi connectivity index (χ0) is 15.7. The monoisotopic (exact) mass is 290 g/mol. The molecule has 0 aromatic heterocycles. The molecule has 0 bridgehead atoms. The summed E-state index contributed by atoms with van der Waals surface area (Å²) < 4.78 is 0. The number of hydrogen-bond acceptors (Lipinski definition) is 2. The number of rotatable bonds is 3. The Labute approximate surface area is 125 Å². The minimum Gasteiger partial charge on any atom is -0.480 e. The third kappa shape index (κ3) is 2.73. The Hall–Kier alpha value is -2.04. The second kappa shape index (κ2) is 5.76. The van der Waals surface area contributed by atoms with Gasteiger partial charge in [-0.15, -0.1) is 0 Å². The lowest BCUT2D eigenvalue weighted by atomic mass is 10.1. The maximum absolute atomic E-state index is 12.8. The summed E-state index contributed by atoms with van der Waals surface area (Å²) in [5, 5.41) is 9.42. The lowest BCUT2D eigenvalue weighted by Crippen LogP contribution is -2.51. The molecule has 5 nitrogen and oxygen atoms in total. The second-order valence-corrected chi connectivity index (χ2v) is 5.93. The Morgan fingerprint density at radius 3 is 2.48 bits per heavy atom. The molecule has 0 saturated heterocycles. The summed E-state index contributed by atoms with van der Waals surface area (Å²) in [4.78, 5) is 27.3. The molecule has 21 heavy (non-hydrogen) atoms. The van der Waals surface area contributed by atoms with Crippen LogP contribution in [0.5, 0.6) is 0 Å². The molecule has 1 N–H and O–H groups in total. The van der Waals surface area contributed by atoms with E-state index in [1.165, 1.54) is 4.90 Å². The van der Waals surface area contributed by atoms with E-state index in [9.17, 15) is 14.7 Å². The van der Waals surface area contributed by atoms with E-state index in [1.807, 2.05) is 45.0 Å². The Kier molecular flexibility index (Phi) is 4.21. The van der Waals surface area contributed by atoms with Gasteiger partial charge in [-0.2, -0.15) is 0 Å². The summed E-state index contributed by atoms with van der Waals surface area (Å²) in [6, 6.07) is 6.35. The highest BCUT2D eigenvalue weighted by atomic mass is 16.4. The number of anilines is 1. The standard InChI is InChI=1S/C16H22N2O3/c1-10(2)11(3)17(4)16(21)18-13-8-6-5-7-12(13)9-14(18)15(19)20/h5-8,10-11,14H,9H2,1-4H3,(H,19,20). The van der Waals surface area contributed by atoms with E-state index in [4.69, 9.17) is 0 Å². The van der Waals surface area contributed by atoms with Gasteiger partial charge in [-0.3, -0.25) is 4.90 Å². The number of carboxylic acid groups (broad SMARTS) is 1. The number of nitrogens with zero attached hydrogens (tertiary/aromatic N) is 2. The fourth-order valence-electron chi connectivity index (χ4n) is 2.61. The molecule has 0 aliphatic carbocycles. The average Bonchev–Trinajstić information content (AvgIpc) is 2.84. The van der Waals surface area contributed by atoms with Crippen molar-refractivity contribution >= 4 is 17.7 Å². The SMILES string of the molecule is CC(C)C(C)N(C)C(=O)N1c2ccccc2CC1C(=O)O. The molecule has 2 rings (SSSR count). The van der Waals surface area contributed by atoms with Crippen molar-refractivity contribution < 1.29 is 14.7 Å². The minimum absolute atomic E-state index is 0.0414. The molecule has 2 atom stereocenters. The summed E-state index contributed by atoms with van der Waals surface area (Å²) in [7, 11) is 1.73. The fraction of sp³-hybridized carbons (Fsp3) is 0.500. The van der Waals surface area contributed by atoms with Crippen LogP contribution in [-0.2, 0) is 11.2 Å². The van der Waals surface area contributed by atoms with E-state index >= 15 is 0 Å². The first-order chi connectivity index (χ1) is 9.84. The van der Waals surface area contributed by atoms with Crippen LogP contribution >= 0.6 is 0 Å². The number of carbonyl (C=O) groups excluding carboxylic acids is 1. The molecule has 0 radical (unpaired) electrons. The van der Waals surface area contributed by atoms with Gasteiger partial charge in [0.2, 0.25) is 0 Å². The van der Waals surface area contributed by atoms with E-state index < -0.39 is 12.0 Å². The van der Waals surface area contributed by atoms with Crippen molar-refractivity contribution in [3.63, 3.8) is 0 Å². The number of amides is 2. The molecule has 0 fully saturated rings. The van der Waals surface area contributed by atoms with Crippen LogP contribution in [0.1, 0.15) is 26.3 Å². The number of benzene rings is 1. The van der Waals surface area contributed by atoms with Gasteiger partial charge < -0.3 is 10.0 Å². The molecule has 1 heterocycles. The third-order valence-electron chi connectivity index (χ3n) is 4.34. The van der Waals surface area contributed by atoms with Crippen molar-refractivity contribution in [1.82, 2.24) is 4.90 Å². The highest BCUT2D eigenvalue weighted by Gasteiger charge is 2.40. The quantitative estimate of drug-likeness (QED) is 0.930. The zero-order valence-electron chi connectivity index (χ0n) is 12.9. The van der Waals surface area contributed by atoms with Crippen LogP contribution in [0.15, 0.2) is 24.3 Å². The zero-order valence-corrected chi connectivity index (χ0v) is 12.9. The molecule has 1 aliphatic rings. The van der Waals surface area contributed by atoms with Gasteiger partial charge >= 0.3 is 12.0 Å². The van der Waals surface area contributed by atoms with E-state index in [1.54, 1.807) is 11.9 Å². The number of carboxylic acids is 1. The van der Waals surface area contributed by atoms with E-state index in [0.29, 0.717) is 18.0 Å². The largest absolute Gasteiger partial charge is 0.480 e. The number of para-hydroxylation sites is 1. The van der Waals surface area contributed by atoms with Crippen LogP contribution in [0.3, 0.4) is 0 Å². The Morgan fingerprint density at radius 2 is 1.90 bits per heavy atom. The highest BCUT2D eigenvalue weighted by molar-refractivity contribution is 6.01. The minimum atomic E-state index is -0.967. The van der Waals surface area contributed by atoms with Gasteiger partial charge in [0.25, 0.3) is 0 Å². The lowest BCUT2D eigenvalue weighted by molar-refractivity contribution is -0.138. The van der Waals surface area contributed by atoms with E-state index in [0.717, 1.165) is 5.56 Å². The van der Waals surface area contributed by atoms with Gasteiger partial charge in [0, 0.05) is 25.2 Å². The van der Waals surface area contributed by atoms with Crippen LogP contribution in [-0.4, -0.2) is 41.1 Å². The average molecular weight is 290 g/mol. The summed E-state index contributed by atoms with van der Waals surface area (Å²) in [6.45, 7) is 6.06. The second-order valence-electron chi connectivity index (χ2n) is 5.93. The molecular weight excluding hydrogens is 268 g/mol. The normalized spacial score (nSPS) is 18.5. The first kappa shape index (κ1) is 15.4. The first-order valence-corrected chi connectivity index (χ1v) is 7.21. The van der Waals surface area contributed by atoms with Crippen molar-refractivity contribution in [1.29, 1.82) is 0 Å². The molecule has 114 valence electrons. The number of carbonyl (C=O) groups is 2. The van der Waals surface area contributed by atoms with E-state index in [-0.39, 0.29) is 12.1 Å². The first-order valence-electron chi connectivity index (χ1n) is 7.21. The van der Waals surface area contributed by atoms with Gasteiger partial charge in [-0.1, -0.05) is 32.0 Å². The number of aliphatic carboxylic acids is 1. The van der Waals surface area contributed by atoms with Gasteiger partial charge in [0.1, 0.15) is 6.04 Å². The van der Waals surface area contributed by atoms with Crippen LogP contribution in [0.25, 0.3) is 0 Å². The fourth-order valence-corrected chi connectivity index (χ4v) is 2.61. The smallest absolute Gasteiger partial charge is 0.327 e. The van der Waals surface area contributed by atoms with Gasteiger partial charge in [0.05, 0.1) is 0 Å². The van der Waals surface area contributed by atoms with Crippen molar-refractivity contribution in [2.24, 2.45) is 5.92 Å². The molecule has 1 aromatic carbocycles. The molecule has 0 saturated carbocycles. The maximum atomic E-state index is 12.8. The summed E-state index contributed by atoms with van der Waals surface area (Å²) >= 11 is 0. The third-order valence-corrected chi connectivity index (χ3v) is 4.34. The predicted octanol–water partition coefficient (Wildman–Crippen LogP) is 2.60. The van der Waals surface area contributed by atoms with Crippen LogP contribution in [0.2, 0.25) is 0 Å². The summed E-state index contributed by atoms with van der Waals surface area (Å²) in [6.07, 6.45) is 0.362. The summed E-state index contributed by atoms with van der Waals surface area (Å²) in [5.74, 6) is -0.662. The highest BCUT2D eigenvalue weighted by Crippen LogP contribution is 2.33. The van der Waals surface area contributed by atoms with Crippen molar-refractivity contribution in [3.05, 3.63) is 29.8 Å². The van der Waals surface area contributed by atoms with E-state index in [2.05, 4.69) is 0 Å². The van der Waals surface area contributed by atoms with Crippen LogP contribution in [0.4, 0.5) is 10.5 Å². The van der Waals surface area contributed by atoms with Crippen LogP contribution < -0.4 is 4.90 Å². The molecule has 2 unspecified atom stereocenters. The molecule has 1 aliphatic heterocycles. The van der Waals surface area contributed by atoms with Gasteiger partial charge in [0.15, 0.2) is 0 Å². The topological polar surface area (TPSA) is 60.9 Å². The number of hydrogen-bond donors (Lipinski definition) is 1. The van der Waals surface area contributed by atoms with Crippen molar-refractivity contribution in [3.8, 4) is 0 Å². The van der Waals surface area contributed by atoms with Crippen LogP contribution in [0, 0.1) is 5.92 Å². The molecule has 2 amide bonds. The van der Waals surface area contributed by atoms with Crippen molar-refractivity contribution in [2.45, 2.75) is 39.3 Å². The predicted molar refractivity (Wildman–Crippen MR) is 81.5 cm³/mol. The lowest BCUT2D eigenvalue weighted by Gasteiger charge is -2.33. The maximum Gasteiger partial charge on any atom is 0.327 e. The molecular formula is C16H22N2O3. The molecule has 0 spiro atoms. The number of urea groups is 1. The Balaban J connectivity index is 2.35. The van der Waals surface area contributed by atoms with Gasteiger partial charge in [-0.05, 0) is 24.5 Å². The number of fused-ring (bicyclic) bond motifs is 1.